The zero-order valence-electron chi connectivity index (χ0n) is 14.3. The topological polar surface area (TPSA) is 107 Å². The summed E-state index contributed by atoms with van der Waals surface area (Å²) in [5, 5.41) is 21.9. The molecule has 1 saturated heterocycles. The highest BCUT2D eigenvalue weighted by Crippen LogP contribution is 2.30. The molecular weight excluding hydrogens is 336 g/mol. The third kappa shape index (κ3) is 3.11. The van der Waals surface area contributed by atoms with E-state index in [0.717, 1.165) is 27.8 Å². The lowest BCUT2D eigenvalue weighted by Gasteiger charge is -2.17. The third-order valence-corrected chi connectivity index (χ3v) is 4.33. The van der Waals surface area contributed by atoms with Crippen LogP contribution in [0.1, 0.15) is 27.9 Å². The molecule has 1 aliphatic heterocycles. The highest BCUT2D eigenvalue weighted by atomic mass is 16.4. The monoisotopic (exact) mass is 354 g/mol. The van der Waals surface area contributed by atoms with Crippen LogP contribution in [0.25, 0.3) is 0 Å². The molecule has 2 amide bonds. The van der Waals surface area contributed by atoms with E-state index in [1.54, 1.807) is 0 Å². The van der Waals surface area contributed by atoms with Crippen molar-refractivity contribution in [3.05, 3.63) is 53.1 Å². The number of imide groups is 1. The molecule has 1 aliphatic rings. The van der Waals surface area contributed by atoms with E-state index in [-0.39, 0.29) is 17.7 Å². The number of hydrogen-bond acceptors (Lipinski definition) is 5. The molecule has 0 bridgehead atoms. The fourth-order valence-electron chi connectivity index (χ4n) is 3.02. The second-order valence-electron chi connectivity index (χ2n) is 6.29. The number of benzene rings is 2. The summed E-state index contributed by atoms with van der Waals surface area (Å²) < 4.78 is 0. The third-order valence-electron chi connectivity index (χ3n) is 4.33. The number of carbonyl (C=O) groups is 3. The number of carboxylic acids is 1. The van der Waals surface area contributed by atoms with Crippen LogP contribution in [0, 0.1) is 13.8 Å². The van der Waals surface area contributed by atoms with Gasteiger partial charge in [-0.1, -0.05) is 17.7 Å². The first-order chi connectivity index (χ1) is 12.3. The van der Waals surface area contributed by atoms with Gasteiger partial charge in [0.25, 0.3) is 5.91 Å². The van der Waals surface area contributed by atoms with E-state index >= 15 is 0 Å². The number of carboxylic acid groups (broad SMARTS) is 1. The number of nitrogens with one attached hydrogen (secondary N) is 1. The average molecular weight is 354 g/mol. The van der Waals surface area contributed by atoms with Gasteiger partial charge in [0.1, 0.15) is 17.4 Å². The standard InChI is InChI=1S/C19H18N2O5/c1-10-3-6-14(11(2)7-10)20-15-9-17(23)21(18(15)24)12-4-5-13(19(25)26)16(22)8-12/h3-8,15,20,22H,9H2,1-2H3,(H,25,26). The fraction of sp³-hybridized carbons (Fsp3) is 0.211. The van der Waals surface area contributed by atoms with E-state index in [1.807, 2.05) is 32.0 Å². The van der Waals surface area contributed by atoms with Crippen LogP contribution >= 0.6 is 0 Å². The van der Waals surface area contributed by atoms with E-state index in [4.69, 9.17) is 5.11 Å². The minimum Gasteiger partial charge on any atom is -0.507 e. The van der Waals surface area contributed by atoms with Crippen molar-refractivity contribution in [3.63, 3.8) is 0 Å². The Morgan fingerprint density at radius 3 is 2.50 bits per heavy atom. The average Bonchev–Trinajstić information content (AvgIpc) is 2.83. The molecular formula is C19H18N2O5. The Hall–Kier alpha value is -3.35. The fourth-order valence-corrected chi connectivity index (χ4v) is 3.02. The summed E-state index contributed by atoms with van der Waals surface area (Å²) in [6.45, 7) is 3.88. The SMILES string of the molecule is Cc1ccc(NC2CC(=O)N(c3ccc(C(=O)O)c(O)c3)C2=O)c(C)c1. The highest BCUT2D eigenvalue weighted by Gasteiger charge is 2.40. The number of aromatic carboxylic acids is 1. The van der Waals surface area contributed by atoms with Crippen LogP contribution in [-0.2, 0) is 9.59 Å². The van der Waals surface area contributed by atoms with Gasteiger partial charge >= 0.3 is 5.97 Å². The van der Waals surface area contributed by atoms with Gasteiger partial charge in [0, 0.05) is 11.8 Å². The molecule has 7 heteroatoms. The van der Waals surface area contributed by atoms with Gasteiger partial charge in [0.2, 0.25) is 5.91 Å². The van der Waals surface area contributed by atoms with Crippen molar-refractivity contribution in [2.24, 2.45) is 0 Å². The lowest BCUT2D eigenvalue weighted by Crippen LogP contribution is -2.35. The maximum absolute atomic E-state index is 12.7. The summed E-state index contributed by atoms with van der Waals surface area (Å²) in [7, 11) is 0. The lowest BCUT2D eigenvalue weighted by molar-refractivity contribution is -0.121. The molecule has 0 aliphatic carbocycles. The van der Waals surface area contributed by atoms with Gasteiger partial charge in [-0.15, -0.1) is 0 Å². The molecule has 0 aromatic heterocycles. The molecule has 134 valence electrons. The van der Waals surface area contributed by atoms with Crippen LogP contribution < -0.4 is 10.2 Å². The molecule has 3 rings (SSSR count). The molecule has 1 heterocycles. The van der Waals surface area contributed by atoms with Crippen molar-refractivity contribution < 1.29 is 24.6 Å². The summed E-state index contributed by atoms with van der Waals surface area (Å²) in [6.07, 6.45) is -0.0202. The Balaban J connectivity index is 1.85. The molecule has 1 atom stereocenters. The van der Waals surface area contributed by atoms with E-state index < -0.39 is 29.6 Å². The van der Waals surface area contributed by atoms with Crippen LogP contribution in [0.5, 0.6) is 5.75 Å². The number of rotatable bonds is 4. The van der Waals surface area contributed by atoms with E-state index in [2.05, 4.69) is 5.32 Å². The van der Waals surface area contributed by atoms with Gasteiger partial charge in [-0.05, 0) is 37.6 Å². The maximum atomic E-state index is 12.7. The first kappa shape index (κ1) is 17.5. The molecule has 1 fully saturated rings. The van der Waals surface area contributed by atoms with Crippen LogP contribution in [0.2, 0.25) is 0 Å². The number of anilines is 2. The maximum Gasteiger partial charge on any atom is 0.339 e. The van der Waals surface area contributed by atoms with Crippen molar-refractivity contribution >= 4 is 29.2 Å². The van der Waals surface area contributed by atoms with Gasteiger partial charge in [-0.2, -0.15) is 0 Å². The first-order valence-electron chi connectivity index (χ1n) is 8.05. The Bertz CT molecular complexity index is 922. The number of phenols is 1. The molecule has 7 nitrogen and oxygen atoms in total. The predicted octanol–water partition coefficient (Wildman–Crippen LogP) is 2.45. The Morgan fingerprint density at radius 1 is 1.15 bits per heavy atom. The molecule has 26 heavy (non-hydrogen) atoms. The summed E-state index contributed by atoms with van der Waals surface area (Å²) >= 11 is 0. The molecule has 3 N–H and O–H groups in total. The Kier molecular flexibility index (Phi) is 4.38. The second-order valence-corrected chi connectivity index (χ2v) is 6.29. The highest BCUT2D eigenvalue weighted by molar-refractivity contribution is 6.23. The van der Waals surface area contributed by atoms with Crippen molar-refractivity contribution in [2.45, 2.75) is 26.3 Å². The number of carbonyl (C=O) groups excluding carboxylic acids is 2. The number of amides is 2. The quantitative estimate of drug-likeness (QED) is 0.728. The Labute approximate surface area is 149 Å². The largest absolute Gasteiger partial charge is 0.507 e. The van der Waals surface area contributed by atoms with Crippen LogP contribution in [-0.4, -0.2) is 34.0 Å². The van der Waals surface area contributed by atoms with Gasteiger partial charge in [-0.3, -0.25) is 9.59 Å². The smallest absolute Gasteiger partial charge is 0.339 e. The predicted molar refractivity (Wildman–Crippen MR) is 95.5 cm³/mol. The normalized spacial score (nSPS) is 16.8. The van der Waals surface area contributed by atoms with Crippen molar-refractivity contribution in [1.82, 2.24) is 0 Å². The Morgan fingerprint density at radius 2 is 1.88 bits per heavy atom. The van der Waals surface area contributed by atoms with E-state index in [1.165, 1.54) is 12.1 Å². The molecule has 2 aromatic rings. The minimum atomic E-state index is -1.29. The van der Waals surface area contributed by atoms with Crippen LogP contribution in [0.3, 0.4) is 0 Å². The van der Waals surface area contributed by atoms with Crippen molar-refractivity contribution in [1.29, 1.82) is 0 Å². The van der Waals surface area contributed by atoms with Crippen molar-refractivity contribution in [3.8, 4) is 5.75 Å². The zero-order valence-corrected chi connectivity index (χ0v) is 14.3. The minimum absolute atomic E-state index is 0.0202. The number of aryl methyl sites for hydroxylation is 2. The summed E-state index contributed by atoms with van der Waals surface area (Å²) in [5.41, 5.74) is 2.68. The number of nitrogens with zero attached hydrogens (tertiary/aromatic N) is 1. The lowest BCUT2D eigenvalue weighted by atomic mass is 10.1. The van der Waals surface area contributed by atoms with Gasteiger partial charge in [0.05, 0.1) is 12.1 Å². The summed E-state index contributed by atoms with van der Waals surface area (Å²) in [4.78, 5) is 36.9. The van der Waals surface area contributed by atoms with E-state index in [9.17, 15) is 19.5 Å². The zero-order chi connectivity index (χ0) is 19.0. The van der Waals surface area contributed by atoms with E-state index in [0.29, 0.717) is 0 Å². The van der Waals surface area contributed by atoms with Crippen LogP contribution in [0.15, 0.2) is 36.4 Å². The summed E-state index contributed by atoms with van der Waals surface area (Å²) in [5.74, 6) is -2.65. The van der Waals surface area contributed by atoms with Gasteiger partial charge in [-0.25, -0.2) is 9.69 Å². The molecule has 1 unspecified atom stereocenters. The molecule has 2 aromatic carbocycles. The van der Waals surface area contributed by atoms with Crippen LogP contribution in [0.4, 0.5) is 11.4 Å². The van der Waals surface area contributed by atoms with Gasteiger partial charge in [0.15, 0.2) is 0 Å². The number of aromatic hydroxyl groups is 1. The molecule has 0 saturated carbocycles. The van der Waals surface area contributed by atoms with Crippen molar-refractivity contribution in [2.75, 3.05) is 10.2 Å². The number of hydrogen-bond donors (Lipinski definition) is 3. The van der Waals surface area contributed by atoms with Gasteiger partial charge < -0.3 is 15.5 Å². The first-order valence-corrected chi connectivity index (χ1v) is 8.05. The molecule has 0 radical (unpaired) electrons. The summed E-state index contributed by atoms with van der Waals surface area (Å²) in [6, 6.07) is 8.64. The second kappa shape index (κ2) is 6.51. The molecule has 0 spiro atoms.